The van der Waals surface area contributed by atoms with E-state index in [0.29, 0.717) is 5.56 Å². The molecule has 0 aliphatic carbocycles. The molecule has 0 bridgehead atoms. The van der Waals surface area contributed by atoms with Crippen molar-refractivity contribution in [1.29, 1.82) is 0 Å². The first-order valence-electron chi connectivity index (χ1n) is 10.3. The SMILES string of the molecule is Cc1ccc(C2=NC(NC(=O)C(CCC(F)(F)F)CC(N)=O)C(=O)Nc3c(F)cccc32)cc1. The highest BCUT2D eigenvalue weighted by molar-refractivity contribution is 6.20. The first-order valence-corrected chi connectivity index (χ1v) is 10.3. The molecule has 1 aliphatic heterocycles. The average molecular weight is 478 g/mol. The van der Waals surface area contributed by atoms with Gasteiger partial charge in [0.25, 0.3) is 5.91 Å². The van der Waals surface area contributed by atoms with Crippen LogP contribution in [0.4, 0.5) is 23.2 Å². The normalized spacial score (nSPS) is 16.6. The number of aliphatic imine (C=N–C) groups is 1. The van der Waals surface area contributed by atoms with E-state index in [-0.39, 0.29) is 17.0 Å². The quantitative estimate of drug-likeness (QED) is 0.531. The van der Waals surface area contributed by atoms with Crippen LogP contribution in [0.2, 0.25) is 0 Å². The van der Waals surface area contributed by atoms with Gasteiger partial charge in [0.05, 0.1) is 11.4 Å². The summed E-state index contributed by atoms with van der Waals surface area (Å²) < 4.78 is 52.6. The molecule has 7 nitrogen and oxygen atoms in total. The Hall–Kier alpha value is -3.76. The van der Waals surface area contributed by atoms with E-state index >= 15 is 0 Å². The number of alkyl halides is 3. The predicted octanol–water partition coefficient (Wildman–Crippen LogP) is 3.20. The fourth-order valence-corrected chi connectivity index (χ4v) is 3.50. The summed E-state index contributed by atoms with van der Waals surface area (Å²) in [7, 11) is 0. The van der Waals surface area contributed by atoms with Gasteiger partial charge in [-0.05, 0) is 19.4 Å². The van der Waals surface area contributed by atoms with Crippen molar-refractivity contribution in [1.82, 2.24) is 5.32 Å². The molecule has 11 heteroatoms. The number of nitrogens with one attached hydrogen (secondary N) is 2. The summed E-state index contributed by atoms with van der Waals surface area (Å²) in [6, 6.07) is 11.1. The molecule has 2 aromatic rings. The van der Waals surface area contributed by atoms with Crippen molar-refractivity contribution in [2.24, 2.45) is 16.6 Å². The van der Waals surface area contributed by atoms with Crippen LogP contribution in [0, 0.1) is 18.7 Å². The Morgan fingerprint density at radius 3 is 2.47 bits per heavy atom. The Bertz CT molecular complexity index is 1130. The minimum absolute atomic E-state index is 0.144. The smallest absolute Gasteiger partial charge is 0.370 e. The van der Waals surface area contributed by atoms with E-state index in [1.54, 1.807) is 30.3 Å². The minimum Gasteiger partial charge on any atom is -0.370 e. The molecule has 2 aromatic carbocycles. The van der Waals surface area contributed by atoms with Crippen LogP contribution in [-0.2, 0) is 14.4 Å². The number of carbonyl (C=O) groups is 3. The summed E-state index contributed by atoms with van der Waals surface area (Å²) in [5, 5.41) is 4.66. The number of aryl methyl sites for hydroxylation is 1. The van der Waals surface area contributed by atoms with Gasteiger partial charge in [0.2, 0.25) is 18.0 Å². The van der Waals surface area contributed by atoms with E-state index in [0.717, 1.165) is 11.6 Å². The summed E-state index contributed by atoms with van der Waals surface area (Å²) in [5.74, 6) is -5.01. The molecule has 1 heterocycles. The van der Waals surface area contributed by atoms with Crippen molar-refractivity contribution in [3.05, 3.63) is 65.0 Å². The fourth-order valence-electron chi connectivity index (χ4n) is 3.50. The van der Waals surface area contributed by atoms with E-state index in [4.69, 9.17) is 5.73 Å². The van der Waals surface area contributed by atoms with Crippen LogP contribution < -0.4 is 16.4 Å². The number of benzodiazepines with no additional fused rings is 1. The van der Waals surface area contributed by atoms with E-state index in [1.807, 2.05) is 6.92 Å². The lowest BCUT2D eigenvalue weighted by atomic mass is 9.97. The van der Waals surface area contributed by atoms with E-state index in [1.165, 1.54) is 6.07 Å². The summed E-state index contributed by atoms with van der Waals surface area (Å²) in [4.78, 5) is 41.2. The van der Waals surface area contributed by atoms with Crippen molar-refractivity contribution < 1.29 is 31.9 Å². The second-order valence-electron chi connectivity index (χ2n) is 7.93. The van der Waals surface area contributed by atoms with Crippen LogP contribution in [0.25, 0.3) is 0 Å². The molecule has 0 fully saturated rings. The fraction of sp³-hybridized carbons (Fsp3) is 0.304. The zero-order chi connectivity index (χ0) is 25.0. The molecule has 2 atom stereocenters. The molecule has 0 radical (unpaired) electrons. The molecule has 180 valence electrons. The van der Waals surface area contributed by atoms with E-state index < -0.39 is 61.1 Å². The maximum atomic E-state index is 14.5. The number of para-hydroxylation sites is 1. The Morgan fingerprint density at radius 2 is 1.85 bits per heavy atom. The van der Waals surface area contributed by atoms with Gasteiger partial charge in [0.1, 0.15) is 5.82 Å². The monoisotopic (exact) mass is 478 g/mol. The van der Waals surface area contributed by atoms with Gasteiger partial charge in [-0.15, -0.1) is 0 Å². The largest absolute Gasteiger partial charge is 0.389 e. The molecule has 4 N–H and O–H groups in total. The number of fused-ring (bicyclic) bond motifs is 1. The van der Waals surface area contributed by atoms with Crippen LogP contribution in [0.15, 0.2) is 47.5 Å². The number of nitrogens with two attached hydrogens (primary N) is 1. The number of hydrogen-bond acceptors (Lipinski definition) is 4. The molecule has 3 rings (SSSR count). The molecule has 34 heavy (non-hydrogen) atoms. The highest BCUT2D eigenvalue weighted by Gasteiger charge is 2.34. The number of carbonyl (C=O) groups excluding carboxylic acids is 3. The molecule has 3 amide bonds. The van der Waals surface area contributed by atoms with Gasteiger partial charge in [-0.25, -0.2) is 9.38 Å². The van der Waals surface area contributed by atoms with Crippen molar-refractivity contribution in [2.45, 2.75) is 38.5 Å². The molecule has 0 saturated carbocycles. The first kappa shape index (κ1) is 24.9. The Morgan fingerprint density at radius 1 is 1.18 bits per heavy atom. The summed E-state index contributed by atoms with van der Waals surface area (Å²) >= 11 is 0. The van der Waals surface area contributed by atoms with Crippen LogP contribution in [-0.4, -0.2) is 35.8 Å². The Balaban J connectivity index is 1.96. The Labute approximate surface area is 192 Å². The molecule has 2 unspecified atom stereocenters. The third-order valence-electron chi connectivity index (χ3n) is 5.22. The van der Waals surface area contributed by atoms with Gasteiger partial charge in [0.15, 0.2) is 0 Å². The molecule has 0 spiro atoms. The molecular weight excluding hydrogens is 456 g/mol. The third kappa shape index (κ3) is 6.18. The van der Waals surface area contributed by atoms with Gasteiger partial charge in [0, 0.05) is 29.9 Å². The summed E-state index contributed by atoms with van der Waals surface area (Å²) in [6.07, 6.45) is -8.79. The second kappa shape index (κ2) is 10.0. The highest BCUT2D eigenvalue weighted by Crippen LogP contribution is 2.28. The van der Waals surface area contributed by atoms with Crippen molar-refractivity contribution in [3.8, 4) is 0 Å². The lowest BCUT2D eigenvalue weighted by Crippen LogP contribution is -2.45. The lowest BCUT2D eigenvalue weighted by Gasteiger charge is -2.19. The van der Waals surface area contributed by atoms with Gasteiger partial charge in [-0.2, -0.15) is 13.2 Å². The maximum Gasteiger partial charge on any atom is 0.389 e. The van der Waals surface area contributed by atoms with Gasteiger partial charge in [-0.1, -0.05) is 42.0 Å². The van der Waals surface area contributed by atoms with Gasteiger partial charge >= 0.3 is 6.18 Å². The van der Waals surface area contributed by atoms with Crippen molar-refractivity contribution in [2.75, 3.05) is 5.32 Å². The zero-order valence-corrected chi connectivity index (χ0v) is 18.1. The minimum atomic E-state index is -4.55. The van der Waals surface area contributed by atoms with Gasteiger partial charge in [-0.3, -0.25) is 14.4 Å². The Kier molecular flexibility index (Phi) is 7.33. The predicted molar refractivity (Wildman–Crippen MR) is 116 cm³/mol. The zero-order valence-electron chi connectivity index (χ0n) is 18.1. The van der Waals surface area contributed by atoms with Crippen molar-refractivity contribution >= 4 is 29.1 Å². The number of rotatable bonds is 7. The number of hydrogen-bond donors (Lipinski definition) is 3. The van der Waals surface area contributed by atoms with E-state index in [2.05, 4.69) is 15.6 Å². The first-order chi connectivity index (χ1) is 15.9. The molecule has 0 saturated heterocycles. The average Bonchev–Trinajstić information content (AvgIpc) is 2.88. The van der Waals surface area contributed by atoms with Crippen LogP contribution in [0.3, 0.4) is 0 Å². The number of primary amides is 1. The molecular formula is C23H22F4N4O3. The number of halogens is 4. The van der Waals surface area contributed by atoms with Crippen LogP contribution in [0.1, 0.15) is 36.0 Å². The number of benzene rings is 2. The van der Waals surface area contributed by atoms with Crippen LogP contribution >= 0.6 is 0 Å². The summed E-state index contributed by atoms with van der Waals surface area (Å²) in [5.41, 5.74) is 6.87. The number of amides is 3. The standard InChI is InChI=1S/C23H22F4N4O3/c1-12-5-7-13(8-6-12)18-15-3-2-4-16(24)19(15)30-22(34)20(29-18)31-21(33)14(11-17(28)32)9-10-23(25,26)27/h2-8,14,20H,9-11H2,1H3,(H2,28,32)(H,30,34)(H,31,33). The third-order valence-corrected chi connectivity index (χ3v) is 5.22. The van der Waals surface area contributed by atoms with Gasteiger partial charge < -0.3 is 16.4 Å². The van der Waals surface area contributed by atoms with Crippen LogP contribution in [0.5, 0.6) is 0 Å². The summed E-state index contributed by atoms with van der Waals surface area (Å²) in [6.45, 7) is 1.86. The molecule has 0 aromatic heterocycles. The second-order valence-corrected chi connectivity index (χ2v) is 7.93. The highest BCUT2D eigenvalue weighted by atomic mass is 19.4. The topological polar surface area (TPSA) is 114 Å². The molecule has 1 aliphatic rings. The maximum absolute atomic E-state index is 14.5. The van der Waals surface area contributed by atoms with E-state index in [9.17, 15) is 31.9 Å². The lowest BCUT2D eigenvalue weighted by molar-refractivity contribution is -0.143. The number of nitrogens with zero attached hydrogens (tertiary/aromatic N) is 1. The number of anilines is 1. The van der Waals surface area contributed by atoms with Crippen molar-refractivity contribution in [3.63, 3.8) is 0 Å².